The SMILES string of the molecule is COc1ccc(C(=O)c2c(F)ccc(N)c2F)cc1F. The van der Waals surface area contributed by atoms with E-state index >= 15 is 0 Å². The monoisotopic (exact) mass is 281 g/mol. The minimum Gasteiger partial charge on any atom is -0.494 e. The molecule has 0 fully saturated rings. The average Bonchev–Trinajstić information content (AvgIpc) is 2.43. The smallest absolute Gasteiger partial charge is 0.199 e. The van der Waals surface area contributed by atoms with Crippen LogP contribution in [-0.4, -0.2) is 12.9 Å². The molecule has 0 unspecified atom stereocenters. The molecule has 0 saturated carbocycles. The van der Waals surface area contributed by atoms with Gasteiger partial charge < -0.3 is 10.5 Å². The second kappa shape index (κ2) is 5.24. The zero-order valence-electron chi connectivity index (χ0n) is 10.4. The van der Waals surface area contributed by atoms with Crippen LogP contribution in [0.15, 0.2) is 30.3 Å². The van der Waals surface area contributed by atoms with Crippen LogP contribution in [0, 0.1) is 17.5 Å². The van der Waals surface area contributed by atoms with Crippen LogP contribution in [0.1, 0.15) is 15.9 Å². The van der Waals surface area contributed by atoms with Gasteiger partial charge in [0.1, 0.15) is 5.82 Å². The van der Waals surface area contributed by atoms with Crippen molar-refractivity contribution in [3.05, 3.63) is 58.9 Å². The van der Waals surface area contributed by atoms with Crippen LogP contribution in [0.25, 0.3) is 0 Å². The van der Waals surface area contributed by atoms with E-state index in [9.17, 15) is 18.0 Å². The summed E-state index contributed by atoms with van der Waals surface area (Å²) in [6, 6.07) is 5.15. The Morgan fingerprint density at radius 1 is 1.10 bits per heavy atom. The van der Waals surface area contributed by atoms with E-state index in [0.29, 0.717) is 0 Å². The zero-order valence-corrected chi connectivity index (χ0v) is 10.4. The summed E-state index contributed by atoms with van der Waals surface area (Å²) in [5.41, 5.74) is 3.92. The molecule has 0 bridgehead atoms. The number of halogens is 3. The lowest BCUT2D eigenvalue weighted by Gasteiger charge is -2.08. The third-order valence-electron chi connectivity index (χ3n) is 2.76. The Morgan fingerprint density at radius 3 is 2.40 bits per heavy atom. The van der Waals surface area contributed by atoms with Crippen LogP contribution in [0.5, 0.6) is 5.75 Å². The van der Waals surface area contributed by atoms with Gasteiger partial charge in [-0.3, -0.25) is 4.79 Å². The van der Waals surface area contributed by atoms with Crippen molar-refractivity contribution in [3.63, 3.8) is 0 Å². The molecule has 2 rings (SSSR count). The Labute approximate surface area is 112 Å². The van der Waals surface area contributed by atoms with Gasteiger partial charge in [0, 0.05) is 5.56 Å². The summed E-state index contributed by atoms with van der Waals surface area (Å²) in [6.07, 6.45) is 0. The van der Waals surface area contributed by atoms with Crippen LogP contribution in [0.4, 0.5) is 18.9 Å². The molecule has 20 heavy (non-hydrogen) atoms. The minimum atomic E-state index is -1.16. The highest BCUT2D eigenvalue weighted by molar-refractivity contribution is 6.09. The second-order valence-corrected chi connectivity index (χ2v) is 4.00. The number of benzene rings is 2. The number of ether oxygens (including phenoxy) is 1. The van der Waals surface area contributed by atoms with E-state index in [1.54, 1.807) is 0 Å². The fourth-order valence-corrected chi connectivity index (χ4v) is 1.73. The number of anilines is 1. The standard InChI is InChI=1S/C14H10F3NO2/c1-20-11-5-2-7(6-9(11)16)14(19)12-8(15)3-4-10(18)13(12)17/h2-6H,18H2,1H3. The maximum atomic E-state index is 13.7. The Morgan fingerprint density at radius 2 is 1.80 bits per heavy atom. The van der Waals surface area contributed by atoms with Crippen molar-refractivity contribution in [1.82, 2.24) is 0 Å². The van der Waals surface area contributed by atoms with Gasteiger partial charge in [-0.2, -0.15) is 0 Å². The molecule has 6 heteroatoms. The van der Waals surface area contributed by atoms with Crippen molar-refractivity contribution >= 4 is 11.5 Å². The lowest BCUT2D eigenvalue weighted by Crippen LogP contribution is -2.10. The van der Waals surface area contributed by atoms with Gasteiger partial charge in [-0.25, -0.2) is 13.2 Å². The predicted molar refractivity (Wildman–Crippen MR) is 67.2 cm³/mol. The largest absolute Gasteiger partial charge is 0.494 e. The average molecular weight is 281 g/mol. The highest BCUT2D eigenvalue weighted by atomic mass is 19.1. The van der Waals surface area contributed by atoms with Crippen LogP contribution in [-0.2, 0) is 0 Å². The van der Waals surface area contributed by atoms with E-state index in [1.807, 2.05) is 0 Å². The normalized spacial score (nSPS) is 10.4. The van der Waals surface area contributed by atoms with Gasteiger partial charge in [0.15, 0.2) is 23.2 Å². The molecule has 0 amide bonds. The van der Waals surface area contributed by atoms with Crippen LogP contribution in [0.2, 0.25) is 0 Å². The van der Waals surface area contributed by atoms with Crippen molar-refractivity contribution in [2.24, 2.45) is 0 Å². The fourth-order valence-electron chi connectivity index (χ4n) is 1.73. The first kappa shape index (κ1) is 13.9. The van der Waals surface area contributed by atoms with E-state index < -0.39 is 28.8 Å². The van der Waals surface area contributed by atoms with E-state index in [4.69, 9.17) is 10.5 Å². The molecule has 0 atom stereocenters. The van der Waals surface area contributed by atoms with Crippen LogP contribution in [0.3, 0.4) is 0 Å². The Balaban J connectivity index is 2.52. The van der Waals surface area contributed by atoms with E-state index in [1.165, 1.54) is 19.2 Å². The molecule has 0 heterocycles. The first-order chi connectivity index (χ1) is 9.45. The van der Waals surface area contributed by atoms with Crippen LogP contribution < -0.4 is 10.5 Å². The molecule has 0 saturated heterocycles. The number of carbonyl (C=O) groups is 1. The molecule has 0 aliphatic heterocycles. The second-order valence-electron chi connectivity index (χ2n) is 4.00. The van der Waals surface area contributed by atoms with Gasteiger partial charge in [-0.1, -0.05) is 0 Å². The predicted octanol–water partition coefficient (Wildman–Crippen LogP) is 2.93. The van der Waals surface area contributed by atoms with Gasteiger partial charge >= 0.3 is 0 Å². The highest BCUT2D eigenvalue weighted by Crippen LogP contribution is 2.24. The van der Waals surface area contributed by atoms with Crippen molar-refractivity contribution in [2.75, 3.05) is 12.8 Å². The summed E-state index contributed by atoms with van der Waals surface area (Å²) in [5.74, 6) is -4.09. The van der Waals surface area contributed by atoms with E-state index in [-0.39, 0.29) is 17.0 Å². The van der Waals surface area contributed by atoms with Crippen molar-refractivity contribution in [1.29, 1.82) is 0 Å². The molecule has 2 aromatic carbocycles. The molecule has 0 aliphatic carbocycles. The summed E-state index contributed by atoms with van der Waals surface area (Å²) in [7, 11) is 1.26. The molecule has 104 valence electrons. The summed E-state index contributed by atoms with van der Waals surface area (Å²) >= 11 is 0. The maximum absolute atomic E-state index is 13.7. The molecule has 0 spiro atoms. The number of nitrogens with two attached hydrogens (primary N) is 1. The van der Waals surface area contributed by atoms with Crippen LogP contribution >= 0.6 is 0 Å². The van der Waals surface area contributed by atoms with E-state index in [2.05, 4.69) is 0 Å². The van der Waals surface area contributed by atoms with Gasteiger partial charge in [0.25, 0.3) is 0 Å². The number of carbonyl (C=O) groups excluding carboxylic acids is 1. The summed E-state index contributed by atoms with van der Waals surface area (Å²) in [4.78, 5) is 12.0. The van der Waals surface area contributed by atoms with Gasteiger partial charge in [0.2, 0.25) is 0 Å². The van der Waals surface area contributed by atoms with Crippen molar-refractivity contribution < 1.29 is 22.7 Å². The lowest BCUT2D eigenvalue weighted by atomic mass is 10.0. The quantitative estimate of drug-likeness (QED) is 0.695. The minimum absolute atomic E-state index is 0.0740. The fraction of sp³-hybridized carbons (Fsp3) is 0.0714. The molecule has 0 radical (unpaired) electrons. The Kier molecular flexibility index (Phi) is 3.65. The lowest BCUT2D eigenvalue weighted by molar-refractivity contribution is 0.103. The number of rotatable bonds is 3. The molecule has 2 aromatic rings. The number of nitrogen functional groups attached to an aromatic ring is 1. The van der Waals surface area contributed by atoms with E-state index in [0.717, 1.165) is 18.2 Å². The third kappa shape index (κ3) is 2.32. The molecule has 2 N–H and O–H groups in total. The Bertz CT molecular complexity index is 686. The molecular weight excluding hydrogens is 271 g/mol. The zero-order chi connectivity index (χ0) is 14.9. The summed E-state index contributed by atoms with van der Waals surface area (Å²) in [5, 5.41) is 0. The van der Waals surface area contributed by atoms with Gasteiger partial charge in [-0.05, 0) is 30.3 Å². The summed E-state index contributed by atoms with van der Waals surface area (Å²) in [6.45, 7) is 0. The highest BCUT2D eigenvalue weighted by Gasteiger charge is 2.21. The first-order valence-corrected chi connectivity index (χ1v) is 5.57. The maximum Gasteiger partial charge on any atom is 0.199 e. The molecular formula is C14H10F3NO2. The van der Waals surface area contributed by atoms with Crippen molar-refractivity contribution in [2.45, 2.75) is 0 Å². The van der Waals surface area contributed by atoms with Gasteiger partial charge in [0.05, 0.1) is 18.4 Å². The number of hydrogen-bond donors (Lipinski definition) is 1. The number of hydrogen-bond acceptors (Lipinski definition) is 3. The molecule has 0 aromatic heterocycles. The van der Waals surface area contributed by atoms with Gasteiger partial charge in [-0.15, -0.1) is 0 Å². The first-order valence-electron chi connectivity index (χ1n) is 5.57. The summed E-state index contributed by atoms with van der Waals surface area (Å²) < 4.78 is 45.5. The van der Waals surface area contributed by atoms with Crippen molar-refractivity contribution in [3.8, 4) is 5.75 Å². The molecule has 3 nitrogen and oxygen atoms in total. The third-order valence-corrected chi connectivity index (χ3v) is 2.76. The number of methoxy groups -OCH3 is 1. The topological polar surface area (TPSA) is 52.3 Å². The molecule has 0 aliphatic rings. The Hall–Kier alpha value is -2.50. The number of ketones is 1.